The van der Waals surface area contributed by atoms with Crippen LogP contribution in [0, 0.1) is 0 Å². The van der Waals surface area contributed by atoms with Gasteiger partial charge in [0.05, 0.1) is 11.7 Å². The number of carbonyl (C=O) groups excluding carboxylic acids is 3. The van der Waals surface area contributed by atoms with E-state index in [9.17, 15) is 14.4 Å². The lowest BCUT2D eigenvalue weighted by Crippen LogP contribution is -2.49. The average Bonchev–Trinajstić information content (AvgIpc) is 2.89. The maximum Gasteiger partial charge on any atom is 0.341 e. The topological polar surface area (TPSA) is 117 Å². The summed E-state index contributed by atoms with van der Waals surface area (Å²) in [6, 6.07) is 6.56. The fourth-order valence-electron chi connectivity index (χ4n) is 3.61. The van der Waals surface area contributed by atoms with Crippen LogP contribution in [0.3, 0.4) is 0 Å². The Morgan fingerprint density at radius 2 is 1.97 bits per heavy atom. The molecule has 8 nitrogen and oxygen atoms in total. The first-order valence-electron chi connectivity index (χ1n) is 9.04. The van der Waals surface area contributed by atoms with Crippen molar-refractivity contribution in [2.45, 2.75) is 32.3 Å². The van der Waals surface area contributed by atoms with Crippen LogP contribution >= 0.6 is 0 Å². The number of benzene rings is 1. The number of esters is 2. The molecule has 1 atom stereocenters. The molecule has 0 radical (unpaired) electrons. The van der Waals surface area contributed by atoms with E-state index in [1.807, 2.05) is 0 Å². The van der Waals surface area contributed by atoms with E-state index < -0.39 is 29.4 Å². The first-order valence-corrected chi connectivity index (χ1v) is 9.04. The molecule has 0 saturated carbocycles. The Kier molecular flexibility index (Phi) is 5.19. The van der Waals surface area contributed by atoms with Crippen molar-refractivity contribution in [3.05, 3.63) is 65.2 Å². The van der Waals surface area contributed by atoms with Crippen LogP contribution in [0.5, 0.6) is 5.75 Å². The van der Waals surface area contributed by atoms with Gasteiger partial charge in [-0.05, 0) is 26.8 Å². The maximum absolute atomic E-state index is 13.3. The second kappa shape index (κ2) is 7.46. The number of amides is 1. The lowest BCUT2D eigenvalue weighted by molar-refractivity contribution is -0.145. The monoisotopic (exact) mass is 398 g/mol. The predicted molar refractivity (Wildman–Crippen MR) is 103 cm³/mol. The largest absolute Gasteiger partial charge is 0.459 e. The van der Waals surface area contributed by atoms with E-state index in [1.54, 1.807) is 45.0 Å². The molecule has 0 fully saturated rings. The Balaban J connectivity index is 2.32. The number of nitrogens with one attached hydrogen (secondary N) is 1. The minimum Gasteiger partial charge on any atom is -0.459 e. The summed E-state index contributed by atoms with van der Waals surface area (Å²) in [5.74, 6) is -2.31. The van der Waals surface area contributed by atoms with Gasteiger partial charge in [-0.15, -0.1) is 0 Å². The standard InChI is InChI=1S/C21H22N2O6/c1-5-10-27-18(24)15-12(4)23-20(26)21(15)13-8-6-7-9-14(13)29-17(22)16(21)19(25)28-11(2)3/h5-9,11H,1,10,22H2,2-4H3,(H,23,26)/t21-/m1/s1. The molecule has 29 heavy (non-hydrogen) atoms. The molecule has 3 rings (SSSR count). The van der Waals surface area contributed by atoms with Crippen molar-refractivity contribution in [3.63, 3.8) is 0 Å². The number of fused-ring (bicyclic) bond motifs is 2. The molecule has 0 bridgehead atoms. The van der Waals surface area contributed by atoms with Crippen LogP contribution in [0.4, 0.5) is 0 Å². The quantitative estimate of drug-likeness (QED) is 0.571. The summed E-state index contributed by atoms with van der Waals surface area (Å²) in [4.78, 5) is 39.3. The van der Waals surface area contributed by atoms with Crippen LogP contribution in [0.2, 0.25) is 0 Å². The number of hydrogen-bond acceptors (Lipinski definition) is 7. The SMILES string of the molecule is C=CCOC(=O)C1=C(C)NC(=O)[C@@]12C(C(=O)OC(C)C)=C(N)Oc1ccccc12. The number of nitrogens with two attached hydrogens (primary N) is 1. The summed E-state index contributed by atoms with van der Waals surface area (Å²) >= 11 is 0. The first kappa shape index (κ1) is 20.2. The summed E-state index contributed by atoms with van der Waals surface area (Å²) in [7, 11) is 0. The van der Waals surface area contributed by atoms with Gasteiger partial charge in [0.2, 0.25) is 11.8 Å². The second-order valence-corrected chi connectivity index (χ2v) is 6.88. The van der Waals surface area contributed by atoms with Crippen LogP contribution < -0.4 is 15.8 Å². The van der Waals surface area contributed by atoms with Crippen LogP contribution in [0.25, 0.3) is 0 Å². The molecule has 152 valence electrons. The van der Waals surface area contributed by atoms with E-state index in [0.29, 0.717) is 5.56 Å². The summed E-state index contributed by atoms with van der Waals surface area (Å²) in [6.07, 6.45) is 0.920. The molecule has 3 N–H and O–H groups in total. The van der Waals surface area contributed by atoms with Crippen LogP contribution in [0.1, 0.15) is 26.3 Å². The molecule has 2 aliphatic rings. The zero-order valence-electron chi connectivity index (χ0n) is 16.4. The van der Waals surface area contributed by atoms with E-state index in [1.165, 1.54) is 6.08 Å². The molecule has 0 unspecified atom stereocenters. The van der Waals surface area contributed by atoms with Crippen molar-refractivity contribution in [3.8, 4) is 5.75 Å². The second-order valence-electron chi connectivity index (χ2n) is 6.88. The number of carbonyl (C=O) groups is 3. The van der Waals surface area contributed by atoms with Crippen molar-refractivity contribution in [1.82, 2.24) is 5.32 Å². The van der Waals surface area contributed by atoms with Gasteiger partial charge in [0.15, 0.2) is 0 Å². The lowest BCUT2D eigenvalue weighted by atomic mass is 9.67. The van der Waals surface area contributed by atoms with E-state index in [2.05, 4.69) is 11.9 Å². The highest BCUT2D eigenvalue weighted by atomic mass is 16.5. The summed E-state index contributed by atoms with van der Waals surface area (Å²) in [5.41, 5.74) is 4.47. The third kappa shape index (κ3) is 3.06. The molecule has 0 saturated heterocycles. The van der Waals surface area contributed by atoms with Crippen LogP contribution in [0.15, 0.2) is 59.6 Å². The van der Waals surface area contributed by atoms with Crippen molar-refractivity contribution in [1.29, 1.82) is 0 Å². The smallest absolute Gasteiger partial charge is 0.341 e. The third-order valence-electron chi connectivity index (χ3n) is 4.61. The number of rotatable bonds is 5. The maximum atomic E-state index is 13.3. The molecule has 1 aromatic rings. The number of ether oxygens (including phenoxy) is 3. The molecule has 2 aliphatic heterocycles. The Labute approximate surface area is 168 Å². The van der Waals surface area contributed by atoms with Crippen LogP contribution in [-0.4, -0.2) is 30.6 Å². The van der Waals surface area contributed by atoms with E-state index in [-0.39, 0.29) is 35.1 Å². The summed E-state index contributed by atoms with van der Waals surface area (Å²) < 4.78 is 16.2. The fraction of sp³-hybridized carbons (Fsp3) is 0.286. The minimum absolute atomic E-state index is 0.0428. The third-order valence-corrected chi connectivity index (χ3v) is 4.61. The normalized spacial score (nSPS) is 20.3. The summed E-state index contributed by atoms with van der Waals surface area (Å²) in [5, 5.41) is 2.65. The predicted octanol–water partition coefficient (Wildman–Crippen LogP) is 1.57. The Bertz CT molecular complexity index is 975. The molecule has 0 aromatic heterocycles. The van der Waals surface area contributed by atoms with Gasteiger partial charge in [-0.1, -0.05) is 30.9 Å². The van der Waals surface area contributed by atoms with Gasteiger partial charge in [0.25, 0.3) is 0 Å². The fourth-order valence-corrected chi connectivity index (χ4v) is 3.61. The highest BCUT2D eigenvalue weighted by molar-refractivity contribution is 6.17. The van der Waals surface area contributed by atoms with E-state index in [4.69, 9.17) is 19.9 Å². The van der Waals surface area contributed by atoms with Gasteiger partial charge in [0.1, 0.15) is 23.3 Å². The number of allylic oxidation sites excluding steroid dienone is 1. The number of hydrogen-bond donors (Lipinski definition) is 2. The number of para-hydroxylation sites is 1. The highest BCUT2D eigenvalue weighted by Gasteiger charge is 2.61. The molecule has 1 amide bonds. The van der Waals surface area contributed by atoms with E-state index >= 15 is 0 Å². The molecular formula is C21H22N2O6. The molecule has 0 aliphatic carbocycles. The average molecular weight is 398 g/mol. The van der Waals surface area contributed by atoms with E-state index in [0.717, 1.165) is 0 Å². The molecule has 2 heterocycles. The van der Waals surface area contributed by atoms with Crippen molar-refractivity contribution in [2.24, 2.45) is 5.73 Å². The Morgan fingerprint density at radius 1 is 1.28 bits per heavy atom. The molecule has 1 spiro atoms. The first-order chi connectivity index (χ1) is 13.7. The molecule has 1 aromatic carbocycles. The van der Waals surface area contributed by atoms with Crippen molar-refractivity contribution in [2.75, 3.05) is 6.61 Å². The van der Waals surface area contributed by atoms with Gasteiger partial charge in [-0.2, -0.15) is 0 Å². The van der Waals surface area contributed by atoms with Gasteiger partial charge in [0, 0.05) is 11.3 Å². The molecule has 8 heteroatoms. The van der Waals surface area contributed by atoms with Gasteiger partial charge < -0.3 is 25.3 Å². The van der Waals surface area contributed by atoms with Gasteiger partial charge in [-0.25, -0.2) is 9.59 Å². The Morgan fingerprint density at radius 3 is 2.62 bits per heavy atom. The van der Waals surface area contributed by atoms with Crippen LogP contribution in [-0.2, 0) is 29.3 Å². The van der Waals surface area contributed by atoms with Crippen molar-refractivity contribution < 1.29 is 28.6 Å². The zero-order valence-corrected chi connectivity index (χ0v) is 16.4. The minimum atomic E-state index is -1.85. The summed E-state index contributed by atoms with van der Waals surface area (Å²) in [6.45, 7) is 8.33. The van der Waals surface area contributed by atoms with Crippen molar-refractivity contribution >= 4 is 17.8 Å². The van der Waals surface area contributed by atoms with Gasteiger partial charge in [-0.3, -0.25) is 4.79 Å². The highest BCUT2D eigenvalue weighted by Crippen LogP contribution is 2.51. The van der Waals surface area contributed by atoms with Gasteiger partial charge >= 0.3 is 11.9 Å². The zero-order chi connectivity index (χ0) is 21.3. The molecular weight excluding hydrogens is 376 g/mol. The Hall–Kier alpha value is -3.55. The lowest BCUT2D eigenvalue weighted by Gasteiger charge is -2.36.